The Kier molecular flexibility index (Phi) is 2.43. The van der Waals surface area contributed by atoms with E-state index in [9.17, 15) is 0 Å². The minimum Gasteiger partial charge on any atom is -0.365 e. The standard InChI is InChI=1S/C13H16N2S/c1-16-12-14-9-8-13(15-12)7-6-10-4-2-3-5-11(10)13/h2-5H,6-9H2,1H3,(H,14,15). The van der Waals surface area contributed by atoms with Crippen molar-refractivity contribution in [3.05, 3.63) is 35.4 Å². The lowest BCUT2D eigenvalue weighted by Crippen LogP contribution is -2.37. The molecule has 0 saturated heterocycles. The van der Waals surface area contributed by atoms with Gasteiger partial charge in [0, 0.05) is 6.54 Å². The van der Waals surface area contributed by atoms with Crippen molar-refractivity contribution in [3.63, 3.8) is 0 Å². The smallest absolute Gasteiger partial charge is 0.157 e. The van der Waals surface area contributed by atoms with Crippen molar-refractivity contribution in [2.24, 2.45) is 4.99 Å². The number of fused-ring (bicyclic) bond motifs is 2. The first-order chi connectivity index (χ1) is 7.84. The molecule has 0 fully saturated rings. The number of aliphatic imine (C=N–C) groups is 1. The molecule has 3 rings (SSSR count). The number of benzene rings is 1. The second kappa shape index (κ2) is 3.81. The molecule has 1 N–H and O–H groups in total. The van der Waals surface area contributed by atoms with Gasteiger partial charge in [-0.05, 0) is 36.6 Å². The SMILES string of the molecule is CSC1=NC2(CCN1)CCc1ccccc12. The van der Waals surface area contributed by atoms with Crippen molar-refractivity contribution in [2.45, 2.75) is 24.8 Å². The van der Waals surface area contributed by atoms with Crippen LogP contribution >= 0.6 is 11.8 Å². The largest absolute Gasteiger partial charge is 0.365 e. The molecule has 2 aliphatic rings. The lowest BCUT2D eigenvalue weighted by atomic mass is 9.88. The van der Waals surface area contributed by atoms with Crippen molar-refractivity contribution < 1.29 is 0 Å². The lowest BCUT2D eigenvalue weighted by Gasteiger charge is -2.31. The van der Waals surface area contributed by atoms with Crippen LogP contribution in [0.1, 0.15) is 24.0 Å². The molecule has 1 aromatic carbocycles. The van der Waals surface area contributed by atoms with Crippen LogP contribution in [0.2, 0.25) is 0 Å². The number of hydrogen-bond acceptors (Lipinski definition) is 3. The molecule has 1 atom stereocenters. The summed E-state index contributed by atoms with van der Waals surface area (Å²) in [5.74, 6) is 0. The van der Waals surface area contributed by atoms with Crippen LogP contribution in [-0.2, 0) is 12.0 Å². The third kappa shape index (κ3) is 1.46. The lowest BCUT2D eigenvalue weighted by molar-refractivity contribution is 0.394. The molecule has 1 spiro atoms. The summed E-state index contributed by atoms with van der Waals surface area (Å²) in [6.07, 6.45) is 5.58. The highest BCUT2D eigenvalue weighted by Gasteiger charge is 2.39. The van der Waals surface area contributed by atoms with Crippen molar-refractivity contribution >= 4 is 16.9 Å². The fourth-order valence-electron chi connectivity index (χ4n) is 2.83. The van der Waals surface area contributed by atoms with E-state index in [2.05, 4.69) is 35.8 Å². The summed E-state index contributed by atoms with van der Waals surface area (Å²) in [5, 5.41) is 4.46. The Balaban J connectivity index is 2.07. The molecule has 2 nitrogen and oxygen atoms in total. The van der Waals surface area contributed by atoms with Crippen molar-refractivity contribution in [3.8, 4) is 0 Å². The number of aryl methyl sites for hydroxylation is 1. The van der Waals surface area contributed by atoms with Gasteiger partial charge >= 0.3 is 0 Å². The van der Waals surface area contributed by atoms with Crippen molar-refractivity contribution in [1.29, 1.82) is 0 Å². The Morgan fingerprint density at radius 1 is 1.31 bits per heavy atom. The summed E-state index contributed by atoms with van der Waals surface area (Å²) in [6.45, 7) is 1.05. The summed E-state index contributed by atoms with van der Waals surface area (Å²) in [5.41, 5.74) is 3.04. The van der Waals surface area contributed by atoms with E-state index in [1.165, 1.54) is 24.0 Å². The molecule has 1 aliphatic heterocycles. The molecule has 0 amide bonds. The highest BCUT2D eigenvalue weighted by atomic mass is 32.2. The van der Waals surface area contributed by atoms with E-state index in [0.717, 1.165) is 18.1 Å². The second-order valence-corrected chi connectivity index (χ2v) is 5.28. The second-order valence-electron chi connectivity index (χ2n) is 4.49. The van der Waals surface area contributed by atoms with Crippen LogP contribution in [0.25, 0.3) is 0 Å². The first-order valence-corrected chi connectivity index (χ1v) is 7.03. The highest BCUT2D eigenvalue weighted by molar-refractivity contribution is 8.13. The maximum Gasteiger partial charge on any atom is 0.157 e. The van der Waals surface area contributed by atoms with Gasteiger partial charge in [0.2, 0.25) is 0 Å². The first kappa shape index (κ1) is 10.2. The molecular weight excluding hydrogens is 216 g/mol. The van der Waals surface area contributed by atoms with Crippen molar-refractivity contribution in [2.75, 3.05) is 12.8 Å². The molecule has 16 heavy (non-hydrogen) atoms. The monoisotopic (exact) mass is 232 g/mol. The van der Waals surface area contributed by atoms with Crippen LogP contribution in [0.4, 0.5) is 0 Å². The van der Waals surface area contributed by atoms with Gasteiger partial charge in [-0.1, -0.05) is 36.0 Å². The van der Waals surface area contributed by atoms with Gasteiger partial charge in [-0.25, -0.2) is 0 Å². The van der Waals surface area contributed by atoms with E-state index in [4.69, 9.17) is 4.99 Å². The van der Waals surface area contributed by atoms with E-state index >= 15 is 0 Å². The van der Waals surface area contributed by atoms with Gasteiger partial charge in [0.05, 0.1) is 5.54 Å². The number of nitrogens with zero attached hydrogens (tertiary/aromatic N) is 1. The Morgan fingerprint density at radius 2 is 2.19 bits per heavy atom. The molecule has 1 aliphatic carbocycles. The molecule has 0 radical (unpaired) electrons. The Hall–Kier alpha value is -0.960. The molecule has 1 unspecified atom stereocenters. The van der Waals surface area contributed by atoms with E-state index < -0.39 is 0 Å². The molecule has 0 saturated carbocycles. The number of nitrogens with one attached hydrogen (secondary N) is 1. The zero-order valence-corrected chi connectivity index (χ0v) is 10.3. The van der Waals surface area contributed by atoms with Gasteiger partial charge in [0.25, 0.3) is 0 Å². The molecule has 1 aromatic rings. The van der Waals surface area contributed by atoms with Gasteiger partial charge in [-0.3, -0.25) is 4.99 Å². The van der Waals surface area contributed by atoms with E-state index in [0.29, 0.717) is 0 Å². The van der Waals surface area contributed by atoms with Gasteiger partial charge in [0.15, 0.2) is 5.17 Å². The number of hydrogen-bond donors (Lipinski definition) is 1. The van der Waals surface area contributed by atoms with Crippen LogP contribution in [0, 0.1) is 0 Å². The van der Waals surface area contributed by atoms with E-state index in [1.807, 2.05) is 0 Å². The van der Waals surface area contributed by atoms with Gasteiger partial charge < -0.3 is 5.32 Å². The molecule has 0 bridgehead atoms. The summed E-state index contributed by atoms with van der Waals surface area (Å²) in [6, 6.07) is 8.79. The van der Waals surface area contributed by atoms with Gasteiger partial charge in [-0.15, -0.1) is 0 Å². The Bertz CT molecular complexity index is 441. The molecular formula is C13H16N2S. The topological polar surface area (TPSA) is 24.4 Å². The third-order valence-corrected chi connectivity index (χ3v) is 4.27. The molecule has 0 aromatic heterocycles. The van der Waals surface area contributed by atoms with E-state index in [-0.39, 0.29) is 5.54 Å². The predicted octanol–water partition coefficient (Wildman–Crippen LogP) is 2.54. The van der Waals surface area contributed by atoms with Crippen LogP contribution in [0.3, 0.4) is 0 Å². The predicted molar refractivity (Wildman–Crippen MR) is 70.0 cm³/mol. The summed E-state index contributed by atoms with van der Waals surface area (Å²) in [7, 11) is 0. The fourth-order valence-corrected chi connectivity index (χ4v) is 3.34. The third-order valence-electron chi connectivity index (χ3n) is 3.65. The van der Waals surface area contributed by atoms with Crippen LogP contribution in [0.5, 0.6) is 0 Å². The average Bonchev–Trinajstić information content (AvgIpc) is 2.69. The quantitative estimate of drug-likeness (QED) is 0.743. The maximum atomic E-state index is 4.94. The summed E-state index contributed by atoms with van der Waals surface area (Å²) in [4.78, 5) is 4.94. The zero-order chi connectivity index (χ0) is 11.0. The van der Waals surface area contributed by atoms with Crippen LogP contribution < -0.4 is 5.32 Å². The fraction of sp³-hybridized carbons (Fsp3) is 0.462. The van der Waals surface area contributed by atoms with Crippen LogP contribution in [-0.4, -0.2) is 18.0 Å². The van der Waals surface area contributed by atoms with Crippen LogP contribution in [0.15, 0.2) is 29.3 Å². The molecule has 1 heterocycles. The number of thioether (sulfide) groups is 1. The van der Waals surface area contributed by atoms with Crippen molar-refractivity contribution in [1.82, 2.24) is 5.32 Å². The van der Waals surface area contributed by atoms with E-state index in [1.54, 1.807) is 11.8 Å². The number of amidine groups is 1. The Labute approximate surface area is 101 Å². The minimum atomic E-state index is 0.0835. The minimum absolute atomic E-state index is 0.0835. The maximum absolute atomic E-state index is 4.94. The summed E-state index contributed by atoms with van der Waals surface area (Å²) < 4.78 is 0. The highest BCUT2D eigenvalue weighted by Crippen LogP contribution is 2.44. The molecule has 3 heteroatoms. The summed E-state index contributed by atoms with van der Waals surface area (Å²) >= 11 is 1.72. The zero-order valence-electron chi connectivity index (χ0n) is 9.49. The average molecular weight is 232 g/mol. The van der Waals surface area contributed by atoms with Gasteiger partial charge in [-0.2, -0.15) is 0 Å². The number of rotatable bonds is 0. The van der Waals surface area contributed by atoms with Gasteiger partial charge in [0.1, 0.15) is 0 Å². The molecule has 84 valence electrons. The first-order valence-electron chi connectivity index (χ1n) is 5.80. The Morgan fingerprint density at radius 3 is 3.06 bits per heavy atom. The normalized spacial score (nSPS) is 27.4.